The quantitative estimate of drug-likeness (QED) is 0.453. The second-order valence-corrected chi connectivity index (χ2v) is 3.21. The predicted octanol–water partition coefficient (Wildman–Crippen LogP) is 4.29. The van der Waals surface area contributed by atoms with E-state index in [1.54, 1.807) is 0 Å². The van der Waals surface area contributed by atoms with Crippen molar-refractivity contribution >= 4 is 21.6 Å². The van der Waals surface area contributed by atoms with Gasteiger partial charge in [-0.1, -0.05) is 5.11 Å². The van der Waals surface area contributed by atoms with Crippen molar-refractivity contribution in [3.8, 4) is 5.75 Å². The molecule has 0 amide bonds. The second-order valence-electron chi connectivity index (χ2n) is 2.35. The fourth-order valence-corrected chi connectivity index (χ4v) is 1.26. The van der Waals surface area contributed by atoms with Crippen LogP contribution in [-0.2, 0) is 0 Å². The lowest BCUT2D eigenvalue weighted by Crippen LogP contribution is -2.17. The van der Waals surface area contributed by atoms with E-state index >= 15 is 0 Å². The van der Waals surface area contributed by atoms with Gasteiger partial charge in [-0.2, -0.15) is 0 Å². The molecule has 0 bridgehead atoms. The van der Waals surface area contributed by atoms with Gasteiger partial charge < -0.3 is 4.74 Å². The Kier molecular flexibility index (Phi) is 3.43. The smallest absolute Gasteiger partial charge is 0.405 e. The second kappa shape index (κ2) is 4.41. The number of hydrogen-bond donors (Lipinski definition) is 0. The van der Waals surface area contributed by atoms with Gasteiger partial charge in [0, 0.05) is 10.6 Å². The number of azide groups is 1. The molecule has 0 saturated carbocycles. The Hall–Kier alpha value is -1.40. The molecule has 80 valence electrons. The molecular weight excluding hydrogens is 279 g/mol. The number of nitrogens with zero attached hydrogens (tertiary/aromatic N) is 3. The lowest BCUT2D eigenvalue weighted by atomic mass is 10.3. The maximum atomic E-state index is 11.8. The van der Waals surface area contributed by atoms with Crippen LogP contribution in [-0.4, -0.2) is 6.36 Å². The fourth-order valence-electron chi connectivity index (χ4n) is 0.811. The normalized spacial score (nSPS) is 10.7. The summed E-state index contributed by atoms with van der Waals surface area (Å²) in [5.74, 6) is -0.389. The lowest BCUT2D eigenvalue weighted by molar-refractivity contribution is -0.274. The minimum absolute atomic E-state index is 0.0599. The monoisotopic (exact) mass is 281 g/mol. The van der Waals surface area contributed by atoms with Crippen LogP contribution in [0.3, 0.4) is 0 Å². The molecule has 0 aliphatic heterocycles. The van der Waals surface area contributed by atoms with Crippen molar-refractivity contribution in [3.63, 3.8) is 0 Å². The molecule has 4 nitrogen and oxygen atoms in total. The maximum Gasteiger partial charge on any atom is 0.573 e. The Balaban J connectivity index is 2.98. The SMILES string of the molecule is [N-]=[N+]=Nc1ccc(OC(F)(F)F)c(Br)c1. The first-order valence-corrected chi connectivity index (χ1v) is 4.32. The summed E-state index contributed by atoms with van der Waals surface area (Å²) in [5, 5.41) is 3.22. The van der Waals surface area contributed by atoms with Crippen molar-refractivity contribution in [1.29, 1.82) is 0 Å². The summed E-state index contributed by atoms with van der Waals surface area (Å²) >= 11 is 2.86. The number of hydrogen-bond acceptors (Lipinski definition) is 2. The van der Waals surface area contributed by atoms with Gasteiger partial charge in [0.15, 0.2) is 0 Å². The molecule has 0 spiro atoms. The number of rotatable bonds is 2. The summed E-state index contributed by atoms with van der Waals surface area (Å²) < 4.78 is 39.3. The van der Waals surface area contributed by atoms with Crippen molar-refractivity contribution in [2.45, 2.75) is 6.36 Å². The van der Waals surface area contributed by atoms with E-state index in [1.807, 2.05) is 0 Å². The Morgan fingerprint density at radius 3 is 2.53 bits per heavy atom. The van der Waals surface area contributed by atoms with Crippen molar-refractivity contribution in [2.24, 2.45) is 5.11 Å². The third kappa shape index (κ3) is 3.69. The van der Waals surface area contributed by atoms with Crippen molar-refractivity contribution in [3.05, 3.63) is 33.1 Å². The highest BCUT2D eigenvalue weighted by Gasteiger charge is 2.31. The molecule has 0 radical (unpaired) electrons. The summed E-state index contributed by atoms with van der Waals surface area (Å²) in [5.41, 5.74) is 8.29. The minimum Gasteiger partial charge on any atom is -0.405 e. The zero-order valence-electron chi connectivity index (χ0n) is 6.99. The first-order chi connectivity index (χ1) is 6.92. The van der Waals surface area contributed by atoms with E-state index in [-0.39, 0.29) is 15.9 Å². The predicted molar refractivity (Wildman–Crippen MR) is 49.6 cm³/mol. The van der Waals surface area contributed by atoms with E-state index in [0.717, 1.165) is 6.07 Å². The number of halogens is 4. The number of benzene rings is 1. The minimum atomic E-state index is -4.75. The molecule has 8 heteroatoms. The van der Waals surface area contributed by atoms with Gasteiger partial charge in [0.1, 0.15) is 5.75 Å². The molecule has 1 aromatic rings. The molecule has 1 aromatic carbocycles. The fraction of sp³-hybridized carbons (Fsp3) is 0.143. The Bertz CT molecular complexity index is 414. The summed E-state index contributed by atoms with van der Waals surface area (Å²) in [4.78, 5) is 2.49. The Morgan fingerprint density at radius 2 is 2.07 bits per heavy atom. The summed E-state index contributed by atoms with van der Waals surface area (Å²) in [6, 6.07) is 3.49. The van der Waals surface area contributed by atoms with Crippen LogP contribution < -0.4 is 4.74 Å². The molecular formula is C7H3BrF3N3O. The first kappa shape index (κ1) is 11.7. The zero-order valence-corrected chi connectivity index (χ0v) is 8.58. The van der Waals surface area contributed by atoms with Gasteiger partial charge in [-0.25, -0.2) is 0 Å². The number of alkyl halides is 3. The van der Waals surface area contributed by atoms with Crippen molar-refractivity contribution in [2.75, 3.05) is 0 Å². The van der Waals surface area contributed by atoms with Crippen LogP contribution in [0.25, 0.3) is 10.4 Å². The zero-order chi connectivity index (χ0) is 11.5. The van der Waals surface area contributed by atoms with Crippen LogP contribution >= 0.6 is 15.9 Å². The van der Waals surface area contributed by atoms with Crippen LogP contribution in [0.1, 0.15) is 0 Å². The molecule has 0 aliphatic rings. The molecule has 0 aliphatic carbocycles. The average Bonchev–Trinajstić information content (AvgIpc) is 2.08. The van der Waals surface area contributed by atoms with Crippen LogP contribution in [0.2, 0.25) is 0 Å². The van der Waals surface area contributed by atoms with Gasteiger partial charge >= 0.3 is 6.36 Å². The molecule has 0 atom stereocenters. The van der Waals surface area contributed by atoms with Crippen molar-refractivity contribution < 1.29 is 17.9 Å². The third-order valence-electron chi connectivity index (χ3n) is 1.30. The highest BCUT2D eigenvalue weighted by Crippen LogP contribution is 2.33. The summed E-state index contributed by atoms with van der Waals surface area (Å²) in [6.45, 7) is 0. The maximum absolute atomic E-state index is 11.8. The van der Waals surface area contributed by atoms with E-state index < -0.39 is 6.36 Å². The van der Waals surface area contributed by atoms with Gasteiger partial charge in [-0.15, -0.1) is 13.2 Å². The first-order valence-electron chi connectivity index (χ1n) is 3.53. The highest BCUT2D eigenvalue weighted by molar-refractivity contribution is 9.10. The largest absolute Gasteiger partial charge is 0.573 e. The lowest BCUT2D eigenvalue weighted by Gasteiger charge is -2.10. The highest BCUT2D eigenvalue weighted by atomic mass is 79.9. The Morgan fingerprint density at radius 1 is 1.40 bits per heavy atom. The third-order valence-corrected chi connectivity index (χ3v) is 1.92. The average molecular weight is 282 g/mol. The molecule has 0 saturated heterocycles. The summed E-state index contributed by atoms with van der Waals surface area (Å²) in [6.07, 6.45) is -4.75. The standard InChI is InChI=1S/C7H3BrF3N3O/c8-5-3-4(13-14-12)1-2-6(5)15-7(9,10)11/h1-3H. The van der Waals surface area contributed by atoms with Gasteiger partial charge in [-0.05, 0) is 39.7 Å². The Labute approximate surface area is 90.4 Å². The molecule has 0 unspecified atom stereocenters. The van der Waals surface area contributed by atoms with Crippen LogP contribution in [0.15, 0.2) is 27.8 Å². The van der Waals surface area contributed by atoms with Gasteiger partial charge in [-0.3, -0.25) is 0 Å². The van der Waals surface area contributed by atoms with Crippen LogP contribution in [0.4, 0.5) is 18.9 Å². The molecule has 0 fully saturated rings. The van der Waals surface area contributed by atoms with Gasteiger partial charge in [0.05, 0.1) is 4.47 Å². The van der Waals surface area contributed by atoms with E-state index in [1.165, 1.54) is 12.1 Å². The van der Waals surface area contributed by atoms with Crippen LogP contribution in [0.5, 0.6) is 5.75 Å². The van der Waals surface area contributed by atoms with Crippen LogP contribution in [0, 0.1) is 0 Å². The molecule has 1 rings (SSSR count). The molecule has 0 N–H and O–H groups in total. The molecule has 15 heavy (non-hydrogen) atoms. The molecule has 0 heterocycles. The van der Waals surface area contributed by atoms with E-state index in [9.17, 15) is 13.2 Å². The van der Waals surface area contributed by atoms with E-state index in [0.29, 0.717) is 0 Å². The summed E-state index contributed by atoms with van der Waals surface area (Å²) in [7, 11) is 0. The number of ether oxygens (including phenoxy) is 1. The topological polar surface area (TPSA) is 58.0 Å². The molecule has 0 aromatic heterocycles. The van der Waals surface area contributed by atoms with E-state index in [4.69, 9.17) is 5.53 Å². The van der Waals surface area contributed by atoms with E-state index in [2.05, 4.69) is 30.7 Å². The van der Waals surface area contributed by atoms with Crippen molar-refractivity contribution in [1.82, 2.24) is 0 Å². The van der Waals surface area contributed by atoms with Gasteiger partial charge in [0.25, 0.3) is 0 Å². The van der Waals surface area contributed by atoms with Gasteiger partial charge in [0.2, 0.25) is 0 Å².